The zero-order chi connectivity index (χ0) is 13.4. The van der Waals surface area contributed by atoms with E-state index in [0.29, 0.717) is 17.7 Å². The van der Waals surface area contributed by atoms with E-state index in [0.717, 1.165) is 13.0 Å². The van der Waals surface area contributed by atoms with Gasteiger partial charge < -0.3 is 5.32 Å². The molecule has 0 aromatic rings. The quantitative estimate of drug-likeness (QED) is 0.725. The van der Waals surface area contributed by atoms with E-state index in [-0.39, 0.29) is 5.92 Å². The van der Waals surface area contributed by atoms with Gasteiger partial charge in [0.2, 0.25) is 5.91 Å². The van der Waals surface area contributed by atoms with Crippen molar-refractivity contribution >= 4 is 5.91 Å². The smallest absolute Gasteiger partial charge is 0.223 e. The Bertz CT molecular complexity index is 228. The molecule has 106 valence electrons. The van der Waals surface area contributed by atoms with Crippen molar-refractivity contribution in [1.82, 2.24) is 5.32 Å². The van der Waals surface area contributed by atoms with Crippen LogP contribution in [-0.2, 0) is 4.79 Å². The van der Waals surface area contributed by atoms with Gasteiger partial charge in [-0.05, 0) is 38.0 Å². The molecule has 1 aliphatic carbocycles. The Balaban J connectivity index is 2.74. The molecule has 1 N–H and O–H groups in total. The van der Waals surface area contributed by atoms with Crippen LogP contribution in [0.2, 0.25) is 0 Å². The zero-order valence-electron chi connectivity index (χ0n) is 12.5. The standard InChI is InChI=1S/C16H31NO/c1-4-10-13(5-2)15(16(18)17-6-3)14-11-8-7-9-12-14/h13-15H,4-12H2,1-3H3,(H,17,18). The first-order valence-electron chi connectivity index (χ1n) is 8.02. The molecule has 2 atom stereocenters. The van der Waals surface area contributed by atoms with Crippen molar-refractivity contribution in [3.05, 3.63) is 0 Å². The fourth-order valence-corrected chi connectivity index (χ4v) is 3.61. The Morgan fingerprint density at radius 3 is 2.33 bits per heavy atom. The molecular weight excluding hydrogens is 222 g/mol. The average molecular weight is 253 g/mol. The van der Waals surface area contributed by atoms with Gasteiger partial charge in [-0.1, -0.05) is 46.0 Å². The maximum absolute atomic E-state index is 12.4. The molecule has 1 rings (SSSR count). The van der Waals surface area contributed by atoms with Gasteiger partial charge in [-0.3, -0.25) is 4.79 Å². The van der Waals surface area contributed by atoms with E-state index in [1.165, 1.54) is 44.9 Å². The van der Waals surface area contributed by atoms with Crippen LogP contribution in [0.15, 0.2) is 0 Å². The normalized spacial score (nSPS) is 20.4. The van der Waals surface area contributed by atoms with Crippen molar-refractivity contribution in [2.24, 2.45) is 17.8 Å². The molecule has 0 bridgehead atoms. The van der Waals surface area contributed by atoms with Gasteiger partial charge in [0.05, 0.1) is 0 Å². The lowest BCUT2D eigenvalue weighted by atomic mass is 9.71. The third kappa shape index (κ3) is 4.29. The predicted molar refractivity (Wildman–Crippen MR) is 77.4 cm³/mol. The summed E-state index contributed by atoms with van der Waals surface area (Å²) >= 11 is 0. The van der Waals surface area contributed by atoms with Crippen molar-refractivity contribution in [3.63, 3.8) is 0 Å². The van der Waals surface area contributed by atoms with Gasteiger partial charge in [-0.15, -0.1) is 0 Å². The number of carbonyl (C=O) groups is 1. The van der Waals surface area contributed by atoms with Gasteiger partial charge >= 0.3 is 0 Å². The number of amides is 1. The number of hydrogen-bond donors (Lipinski definition) is 1. The van der Waals surface area contributed by atoms with E-state index in [2.05, 4.69) is 19.2 Å². The summed E-state index contributed by atoms with van der Waals surface area (Å²) in [7, 11) is 0. The van der Waals surface area contributed by atoms with Crippen LogP contribution in [0.5, 0.6) is 0 Å². The number of hydrogen-bond acceptors (Lipinski definition) is 1. The fraction of sp³-hybridized carbons (Fsp3) is 0.938. The SMILES string of the molecule is CCCC(CC)C(C(=O)NCC)C1CCCCC1. The molecule has 1 fully saturated rings. The van der Waals surface area contributed by atoms with E-state index < -0.39 is 0 Å². The van der Waals surface area contributed by atoms with Crippen molar-refractivity contribution in [2.45, 2.75) is 72.1 Å². The molecule has 1 saturated carbocycles. The second kappa shape index (κ2) is 8.55. The lowest BCUT2D eigenvalue weighted by Crippen LogP contribution is -2.40. The summed E-state index contributed by atoms with van der Waals surface area (Å²) in [5, 5.41) is 3.08. The molecular formula is C16H31NO. The second-order valence-corrected chi connectivity index (χ2v) is 5.78. The maximum atomic E-state index is 12.4. The number of nitrogens with one attached hydrogen (secondary N) is 1. The molecule has 0 aromatic heterocycles. The van der Waals surface area contributed by atoms with Gasteiger partial charge in [-0.2, -0.15) is 0 Å². The maximum Gasteiger partial charge on any atom is 0.223 e. The molecule has 0 spiro atoms. The topological polar surface area (TPSA) is 29.1 Å². The molecule has 0 heterocycles. The lowest BCUT2D eigenvalue weighted by molar-refractivity contribution is -0.129. The average Bonchev–Trinajstić information content (AvgIpc) is 2.39. The van der Waals surface area contributed by atoms with Gasteiger partial charge in [0.25, 0.3) is 0 Å². The summed E-state index contributed by atoms with van der Waals surface area (Å²) in [4.78, 5) is 12.4. The minimum Gasteiger partial charge on any atom is -0.356 e. The van der Waals surface area contributed by atoms with E-state index in [9.17, 15) is 4.79 Å². The Kier molecular flexibility index (Phi) is 7.38. The van der Waals surface area contributed by atoms with Gasteiger partial charge in [-0.25, -0.2) is 0 Å². The van der Waals surface area contributed by atoms with Gasteiger partial charge in [0.15, 0.2) is 0 Å². The first-order valence-corrected chi connectivity index (χ1v) is 8.02. The molecule has 18 heavy (non-hydrogen) atoms. The zero-order valence-corrected chi connectivity index (χ0v) is 12.5. The first kappa shape index (κ1) is 15.5. The number of carbonyl (C=O) groups excluding carboxylic acids is 1. The van der Waals surface area contributed by atoms with Crippen LogP contribution in [-0.4, -0.2) is 12.5 Å². The minimum absolute atomic E-state index is 0.273. The molecule has 0 aromatic carbocycles. The Morgan fingerprint density at radius 2 is 1.83 bits per heavy atom. The van der Waals surface area contributed by atoms with Crippen molar-refractivity contribution < 1.29 is 4.79 Å². The lowest BCUT2D eigenvalue weighted by Gasteiger charge is -2.34. The Morgan fingerprint density at radius 1 is 1.17 bits per heavy atom. The highest BCUT2D eigenvalue weighted by atomic mass is 16.1. The summed E-state index contributed by atoms with van der Waals surface area (Å²) in [6.45, 7) is 7.27. The highest BCUT2D eigenvalue weighted by Crippen LogP contribution is 2.37. The highest BCUT2D eigenvalue weighted by Gasteiger charge is 2.34. The van der Waals surface area contributed by atoms with E-state index >= 15 is 0 Å². The monoisotopic (exact) mass is 253 g/mol. The predicted octanol–water partition coefficient (Wildman–Crippen LogP) is 4.15. The molecule has 0 radical (unpaired) electrons. The summed E-state index contributed by atoms with van der Waals surface area (Å²) in [5.74, 6) is 1.83. The van der Waals surface area contributed by atoms with Crippen LogP contribution >= 0.6 is 0 Å². The van der Waals surface area contributed by atoms with Crippen LogP contribution in [0, 0.1) is 17.8 Å². The van der Waals surface area contributed by atoms with E-state index in [1.54, 1.807) is 0 Å². The molecule has 0 saturated heterocycles. The molecule has 2 unspecified atom stereocenters. The summed E-state index contributed by atoms with van der Waals surface area (Å²) in [5.41, 5.74) is 0. The third-order valence-corrected chi connectivity index (χ3v) is 4.50. The largest absolute Gasteiger partial charge is 0.356 e. The van der Waals surface area contributed by atoms with Crippen molar-refractivity contribution in [3.8, 4) is 0 Å². The summed E-state index contributed by atoms with van der Waals surface area (Å²) in [6.07, 6.45) is 10.1. The van der Waals surface area contributed by atoms with Crippen LogP contribution < -0.4 is 5.32 Å². The first-order chi connectivity index (χ1) is 8.74. The van der Waals surface area contributed by atoms with Crippen molar-refractivity contribution in [1.29, 1.82) is 0 Å². The Labute approximate surface area is 113 Å². The van der Waals surface area contributed by atoms with Gasteiger partial charge in [0, 0.05) is 12.5 Å². The molecule has 0 aliphatic heterocycles. The fourth-order valence-electron chi connectivity index (χ4n) is 3.61. The molecule has 1 amide bonds. The highest BCUT2D eigenvalue weighted by molar-refractivity contribution is 5.79. The molecule has 2 nitrogen and oxygen atoms in total. The summed E-state index contributed by atoms with van der Waals surface area (Å²) in [6, 6.07) is 0. The molecule has 1 aliphatic rings. The van der Waals surface area contributed by atoms with Gasteiger partial charge in [0.1, 0.15) is 0 Å². The van der Waals surface area contributed by atoms with Crippen LogP contribution in [0.1, 0.15) is 72.1 Å². The second-order valence-electron chi connectivity index (χ2n) is 5.78. The van der Waals surface area contributed by atoms with Crippen LogP contribution in [0.3, 0.4) is 0 Å². The Hall–Kier alpha value is -0.530. The minimum atomic E-state index is 0.273. The third-order valence-electron chi connectivity index (χ3n) is 4.50. The van der Waals surface area contributed by atoms with Crippen LogP contribution in [0.4, 0.5) is 0 Å². The van der Waals surface area contributed by atoms with Crippen molar-refractivity contribution in [2.75, 3.05) is 6.54 Å². The summed E-state index contributed by atoms with van der Waals surface area (Å²) < 4.78 is 0. The molecule has 2 heteroatoms. The van der Waals surface area contributed by atoms with E-state index in [1.807, 2.05) is 6.92 Å². The van der Waals surface area contributed by atoms with E-state index in [4.69, 9.17) is 0 Å². The van der Waals surface area contributed by atoms with Crippen LogP contribution in [0.25, 0.3) is 0 Å². The number of rotatable bonds is 7.